The maximum Gasteiger partial charge on any atom is 0.259 e. The van der Waals surface area contributed by atoms with Gasteiger partial charge in [-0.3, -0.25) is 19.8 Å². The van der Waals surface area contributed by atoms with E-state index in [1.165, 1.54) is 0 Å². The van der Waals surface area contributed by atoms with Crippen molar-refractivity contribution in [2.24, 2.45) is 0 Å². The molecule has 1 N–H and O–H groups in total. The first-order chi connectivity index (χ1) is 20.6. The van der Waals surface area contributed by atoms with E-state index in [0.29, 0.717) is 23.3 Å². The lowest BCUT2D eigenvalue weighted by Crippen LogP contribution is -2.36. The van der Waals surface area contributed by atoms with Crippen molar-refractivity contribution < 1.29 is 19.1 Å². The molecule has 0 atom stereocenters. The number of hydrogen-bond donors (Lipinski definition) is 1. The molecule has 4 aromatic rings. The fourth-order valence-electron chi connectivity index (χ4n) is 5.82. The predicted molar refractivity (Wildman–Crippen MR) is 162 cm³/mol. The van der Waals surface area contributed by atoms with Gasteiger partial charge in [-0.15, -0.1) is 0 Å². The summed E-state index contributed by atoms with van der Waals surface area (Å²) in [6.07, 6.45) is 8.67. The van der Waals surface area contributed by atoms with Crippen molar-refractivity contribution in [3.05, 3.63) is 84.1 Å². The zero-order valence-corrected chi connectivity index (χ0v) is 24.1. The number of nitrogens with one attached hydrogen (secondary N) is 1. The van der Waals surface area contributed by atoms with Gasteiger partial charge in [-0.2, -0.15) is 0 Å². The number of aryl methyl sites for hydroxylation is 3. The van der Waals surface area contributed by atoms with E-state index < -0.39 is 0 Å². The molecule has 2 aliphatic rings. The van der Waals surface area contributed by atoms with Crippen molar-refractivity contribution in [3.8, 4) is 5.75 Å². The molecular formula is C33H37N5O4. The number of rotatable bonds is 12. The van der Waals surface area contributed by atoms with Gasteiger partial charge in [0, 0.05) is 60.7 Å². The molecule has 2 aromatic heterocycles. The van der Waals surface area contributed by atoms with Crippen LogP contribution in [-0.4, -0.2) is 70.3 Å². The molecule has 218 valence electrons. The number of fused-ring (bicyclic) bond motifs is 1. The second-order valence-corrected chi connectivity index (χ2v) is 10.9. The molecule has 2 amide bonds. The number of unbranched alkanes of at least 4 members (excludes halogenated alkanes) is 1. The monoisotopic (exact) mass is 567 g/mol. The second-order valence-electron chi connectivity index (χ2n) is 10.9. The first-order valence-corrected chi connectivity index (χ1v) is 14.8. The molecular weight excluding hydrogens is 530 g/mol. The van der Waals surface area contributed by atoms with E-state index in [1.54, 1.807) is 0 Å². The van der Waals surface area contributed by atoms with Gasteiger partial charge < -0.3 is 18.6 Å². The number of imidazole rings is 1. The van der Waals surface area contributed by atoms with Crippen molar-refractivity contribution in [1.82, 2.24) is 24.3 Å². The fourth-order valence-corrected chi connectivity index (χ4v) is 5.82. The summed E-state index contributed by atoms with van der Waals surface area (Å²) in [5, 5.41) is 3.48. The Hall–Kier alpha value is -4.21. The van der Waals surface area contributed by atoms with Crippen LogP contribution in [0.25, 0.3) is 22.0 Å². The zero-order valence-electron chi connectivity index (χ0n) is 24.1. The van der Waals surface area contributed by atoms with Crippen molar-refractivity contribution in [3.63, 3.8) is 0 Å². The predicted octanol–water partition coefficient (Wildman–Crippen LogP) is 4.29. The van der Waals surface area contributed by atoms with Gasteiger partial charge in [0.25, 0.3) is 11.8 Å². The first kappa shape index (κ1) is 27.9. The van der Waals surface area contributed by atoms with Gasteiger partial charge >= 0.3 is 0 Å². The topological polar surface area (TPSA) is 90.6 Å². The lowest BCUT2D eigenvalue weighted by atomic mass is 9.96. The van der Waals surface area contributed by atoms with Crippen LogP contribution in [0.4, 0.5) is 0 Å². The molecule has 4 heterocycles. The Kier molecular flexibility index (Phi) is 8.48. The average molecular weight is 568 g/mol. The Bertz CT molecular complexity index is 1590. The summed E-state index contributed by atoms with van der Waals surface area (Å²) < 4.78 is 15.7. The summed E-state index contributed by atoms with van der Waals surface area (Å²) in [6.45, 7) is 9.01. The number of para-hydroxylation sites is 1. The molecule has 9 nitrogen and oxygen atoms in total. The number of hydrogen-bond acceptors (Lipinski definition) is 6. The Balaban J connectivity index is 1.17. The van der Waals surface area contributed by atoms with Crippen LogP contribution in [0.1, 0.15) is 36.1 Å². The quantitative estimate of drug-likeness (QED) is 0.203. The molecule has 1 saturated heterocycles. The second kappa shape index (κ2) is 12.8. The normalized spacial score (nSPS) is 16.0. The molecule has 2 aliphatic heterocycles. The van der Waals surface area contributed by atoms with Crippen molar-refractivity contribution >= 4 is 33.9 Å². The molecule has 42 heavy (non-hydrogen) atoms. The molecule has 0 unspecified atom stereocenters. The third-order valence-electron chi connectivity index (χ3n) is 8.09. The Labute approximate surface area is 245 Å². The van der Waals surface area contributed by atoms with E-state index >= 15 is 0 Å². The summed E-state index contributed by atoms with van der Waals surface area (Å²) in [5.41, 5.74) is 4.44. The van der Waals surface area contributed by atoms with E-state index in [2.05, 4.69) is 30.4 Å². The minimum Gasteiger partial charge on any atom is -0.494 e. The smallest absolute Gasteiger partial charge is 0.259 e. The number of imide groups is 1. The number of amides is 2. The molecule has 0 bridgehead atoms. The van der Waals surface area contributed by atoms with Crippen LogP contribution in [0.15, 0.2) is 67.3 Å². The highest BCUT2D eigenvalue weighted by atomic mass is 16.5. The van der Waals surface area contributed by atoms with Crippen LogP contribution in [0.5, 0.6) is 5.75 Å². The van der Waals surface area contributed by atoms with E-state index in [4.69, 9.17) is 9.47 Å². The molecule has 6 rings (SSSR count). The average Bonchev–Trinajstić information content (AvgIpc) is 3.68. The number of benzene rings is 2. The lowest BCUT2D eigenvalue weighted by molar-refractivity contribution is -0.122. The summed E-state index contributed by atoms with van der Waals surface area (Å²) in [5.74, 6) is 0.00784. The molecule has 0 radical (unpaired) electrons. The van der Waals surface area contributed by atoms with Crippen LogP contribution in [-0.2, 0) is 27.4 Å². The standard InChI is InChI=1S/C33H37N5O4/c1-24-21-34-23-38(24)15-6-14-37-22-28(27-7-2-3-8-29(27)37)31-30(32(39)35-33(31)40)25-9-11-26(12-10-25)42-18-5-4-13-36-16-19-41-20-17-36/h2-3,7-12,21-23H,4-6,13-20H2,1H3,(H,35,39,40). The summed E-state index contributed by atoms with van der Waals surface area (Å²) >= 11 is 0. The number of morpholine rings is 1. The van der Waals surface area contributed by atoms with Gasteiger partial charge in [0.1, 0.15) is 5.75 Å². The molecule has 0 saturated carbocycles. The van der Waals surface area contributed by atoms with Gasteiger partial charge in [-0.05, 0) is 56.5 Å². The molecule has 1 fully saturated rings. The zero-order chi connectivity index (χ0) is 28.9. The lowest BCUT2D eigenvalue weighted by Gasteiger charge is -2.26. The summed E-state index contributed by atoms with van der Waals surface area (Å²) in [6, 6.07) is 15.5. The minimum atomic E-state index is -0.376. The Morgan fingerprint density at radius 1 is 0.881 bits per heavy atom. The highest BCUT2D eigenvalue weighted by molar-refractivity contribution is 6.50. The van der Waals surface area contributed by atoms with Gasteiger partial charge in [0.15, 0.2) is 0 Å². The number of carbonyl (C=O) groups is 2. The van der Waals surface area contributed by atoms with Crippen LogP contribution < -0.4 is 10.1 Å². The highest BCUT2D eigenvalue weighted by Crippen LogP contribution is 2.36. The van der Waals surface area contributed by atoms with Crippen LogP contribution >= 0.6 is 0 Å². The van der Waals surface area contributed by atoms with Gasteiger partial charge in [0.2, 0.25) is 0 Å². The minimum absolute atomic E-state index is 0.368. The van der Waals surface area contributed by atoms with Gasteiger partial charge in [0.05, 0.1) is 37.3 Å². The summed E-state index contributed by atoms with van der Waals surface area (Å²) in [7, 11) is 0. The van der Waals surface area contributed by atoms with Gasteiger partial charge in [-0.25, -0.2) is 4.98 Å². The number of ether oxygens (including phenoxy) is 2. The number of nitrogens with zero attached hydrogens (tertiary/aromatic N) is 4. The number of aromatic nitrogens is 3. The first-order valence-electron chi connectivity index (χ1n) is 14.8. The fraction of sp³-hybridized carbons (Fsp3) is 0.364. The highest BCUT2D eigenvalue weighted by Gasteiger charge is 2.33. The van der Waals surface area contributed by atoms with Crippen molar-refractivity contribution in [2.75, 3.05) is 39.5 Å². The van der Waals surface area contributed by atoms with Crippen LogP contribution in [0, 0.1) is 6.92 Å². The van der Waals surface area contributed by atoms with E-state index in [-0.39, 0.29) is 11.8 Å². The van der Waals surface area contributed by atoms with E-state index in [9.17, 15) is 9.59 Å². The summed E-state index contributed by atoms with van der Waals surface area (Å²) in [4.78, 5) is 32.9. The number of carbonyl (C=O) groups excluding carboxylic acids is 2. The molecule has 0 spiro atoms. The maximum absolute atomic E-state index is 13.2. The molecule has 0 aliphatic carbocycles. The third kappa shape index (κ3) is 6.03. The molecule has 9 heteroatoms. The van der Waals surface area contributed by atoms with Crippen LogP contribution in [0.2, 0.25) is 0 Å². The SMILES string of the molecule is Cc1cncn1CCCn1cc(C2=C(c3ccc(OCCCCN4CCOCC4)cc3)C(=O)NC2=O)c2ccccc21. The van der Waals surface area contributed by atoms with Crippen LogP contribution in [0.3, 0.4) is 0 Å². The largest absolute Gasteiger partial charge is 0.494 e. The third-order valence-corrected chi connectivity index (χ3v) is 8.09. The van der Waals surface area contributed by atoms with Crippen molar-refractivity contribution in [2.45, 2.75) is 39.3 Å². The van der Waals surface area contributed by atoms with E-state index in [0.717, 1.165) is 93.1 Å². The van der Waals surface area contributed by atoms with E-state index in [1.807, 2.05) is 68.1 Å². The Morgan fingerprint density at radius 2 is 1.64 bits per heavy atom. The van der Waals surface area contributed by atoms with Gasteiger partial charge in [-0.1, -0.05) is 30.3 Å². The Morgan fingerprint density at radius 3 is 2.43 bits per heavy atom. The van der Waals surface area contributed by atoms with Crippen molar-refractivity contribution in [1.29, 1.82) is 0 Å². The molecule has 2 aromatic carbocycles. The maximum atomic E-state index is 13.2.